The molecule has 4 nitrogen and oxygen atoms in total. The molecule has 0 atom stereocenters. The number of carbonyl (C=O) groups excluding carboxylic acids is 1. The van der Waals surface area contributed by atoms with Crippen molar-refractivity contribution in [3.8, 4) is 22.4 Å². The van der Waals surface area contributed by atoms with Crippen LogP contribution in [0.4, 0.5) is 0 Å². The Morgan fingerprint density at radius 2 is 1.35 bits per heavy atom. The van der Waals surface area contributed by atoms with Crippen LogP contribution in [0, 0.1) is 17.9 Å². The minimum atomic E-state index is -0.188. The first-order valence-electron chi connectivity index (χ1n) is 17.3. The predicted octanol–water partition coefficient (Wildman–Crippen LogP) is 11.5. The third kappa shape index (κ3) is 7.33. The molecule has 0 aliphatic heterocycles. The van der Waals surface area contributed by atoms with Gasteiger partial charge in [-0.1, -0.05) is 109 Å². The smallest absolute Gasteiger partial charge is 0.162 e. The molecule has 5 aromatic rings. The van der Waals surface area contributed by atoms with E-state index in [-0.39, 0.29) is 54.8 Å². The number of allylic oxidation sites excluding steroid dienone is 2. The Hall–Kier alpha value is -3.66. The number of fused-ring (bicyclic) bond motifs is 5. The van der Waals surface area contributed by atoms with Crippen molar-refractivity contribution in [1.82, 2.24) is 9.97 Å². The van der Waals surface area contributed by atoms with Gasteiger partial charge < -0.3 is 5.11 Å². The zero-order valence-corrected chi connectivity index (χ0v) is 32.0. The van der Waals surface area contributed by atoms with Gasteiger partial charge in [-0.15, -0.1) is 29.1 Å². The molecule has 0 spiro atoms. The second kappa shape index (κ2) is 15.7. The van der Waals surface area contributed by atoms with E-state index in [2.05, 4.69) is 107 Å². The largest absolute Gasteiger partial charge is 0.512 e. The molecule has 4 aromatic carbocycles. The molecule has 253 valence electrons. The van der Waals surface area contributed by atoms with Crippen LogP contribution in [-0.4, -0.2) is 20.9 Å². The molecule has 0 fully saturated rings. The van der Waals surface area contributed by atoms with E-state index in [4.69, 9.17) is 9.97 Å². The summed E-state index contributed by atoms with van der Waals surface area (Å²) in [6, 6.07) is 29.5. The van der Waals surface area contributed by atoms with Gasteiger partial charge in [-0.05, 0) is 71.0 Å². The molecule has 0 saturated heterocycles. The molecule has 1 aliphatic carbocycles. The third-order valence-electron chi connectivity index (χ3n) is 9.88. The summed E-state index contributed by atoms with van der Waals surface area (Å²) in [5.74, 6) is 1.69. The number of aromatic nitrogens is 2. The van der Waals surface area contributed by atoms with Gasteiger partial charge in [0.05, 0.1) is 11.5 Å². The van der Waals surface area contributed by atoms with Crippen LogP contribution in [0.3, 0.4) is 0 Å². The van der Waals surface area contributed by atoms with Crippen LogP contribution in [0.2, 0.25) is 0 Å². The summed E-state index contributed by atoms with van der Waals surface area (Å²) in [4.78, 5) is 22.0. The summed E-state index contributed by atoms with van der Waals surface area (Å²) < 4.78 is 0. The maximum absolute atomic E-state index is 11.7. The molecule has 1 radical (unpaired) electrons. The zero-order chi connectivity index (χ0) is 33.9. The second-order valence-corrected chi connectivity index (χ2v) is 13.7. The number of nitrogens with zero attached hydrogens (tertiary/aromatic N) is 2. The van der Waals surface area contributed by atoms with E-state index in [1.807, 2.05) is 27.7 Å². The van der Waals surface area contributed by atoms with Crippen molar-refractivity contribution in [1.29, 1.82) is 0 Å². The van der Waals surface area contributed by atoms with E-state index in [1.165, 1.54) is 38.7 Å². The zero-order valence-electron chi connectivity index (χ0n) is 29.6. The summed E-state index contributed by atoms with van der Waals surface area (Å²) >= 11 is 0. The summed E-state index contributed by atoms with van der Waals surface area (Å²) in [6.07, 6.45) is 4.91. The Bertz CT molecular complexity index is 1930. The van der Waals surface area contributed by atoms with Crippen LogP contribution in [0.15, 0.2) is 84.6 Å². The van der Waals surface area contributed by atoms with Crippen molar-refractivity contribution < 1.29 is 30.0 Å². The maximum atomic E-state index is 11.7. The van der Waals surface area contributed by atoms with Crippen LogP contribution >= 0.6 is 0 Å². The number of hydrogen-bond donors (Lipinski definition) is 1. The number of benzene rings is 4. The topological polar surface area (TPSA) is 63.1 Å². The molecule has 1 heterocycles. The van der Waals surface area contributed by atoms with E-state index >= 15 is 0 Å². The van der Waals surface area contributed by atoms with Crippen LogP contribution in [0.25, 0.3) is 43.9 Å². The molecule has 5 heteroatoms. The van der Waals surface area contributed by atoms with Gasteiger partial charge in [0, 0.05) is 49.4 Å². The van der Waals surface area contributed by atoms with Crippen LogP contribution < -0.4 is 0 Å². The summed E-state index contributed by atoms with van der Waals surface area (Å²) in [6.45, 7) is 17.0. The van der Waals surface area contributed by atoms with Crippen molar-refractivity contribution in [3.05, 3.63) is 108 Å². The average molecular weight is 818 g/mol. The van der Waals surface area contributed by atoms with Crippen molar-refractivity contribution in [2.75, 3.05) is 0 Å². The Labute approximate surface area is 300 Å². The molecule has 0 unspecified atom stereocenters. The van der Waals surface area contributed by atoms with E-state index in [0.29, 0.717) is 0 Å². The first kappa shape index (κ1) is 37.2. The fraction of sp³-hybridized carbons (Fsp3) is 0.372. The van der Waals surface area contributed by atoms with E-state index < -0.39 is 0 Å². The standard InChI is InChI=1S/C30H25N2.C13H24O2.Ir/c1-18(2)29-31-27(23-14-13-19-9-5-6-10-20(19)15-23)26-24-16-21-11-7-8-12-22(21)17-25(24)30(3,4)28(26)32-29;1-5-10(6-2)12(14)9-13(15)11(7-3)8-4;/h5-13,15-18H,1-4H3;9-11,14H,5-8H2,1-4H3;/q-1;;/b;12-9-;. The molecule has 0 bridgehead atoms. The number of aliphatic hydroxyl groups is 1. The molecular weight excluding hydrogens is 769 g/mol. The average Bonchev–Trinajstić information content (AvgIpc) is 3.29. The second-order valence-electron chi connectivity index (χ2n) is 13.7. The van der Waals surface area contributed by atoms with E-state index in [9.17, 15) is 9.90 Å². The summed E-state index contributed by atoms with van der Waals surface area (Å²) in [5.41, 5.74) is 6.68. The van der Waals surface area contributed by atoms with Crippen LogP contribution in [0.5, 0.6) is 0 Å². The predicted molar refractivity (Wildman–Crippen MR) is 197 cm³/mol. The number of aliphatic hydroxyl groups excluding tert-OH is 1. The molecule has 0 saturated carbocycles. The monoisotopic (exact) mass is 818 g/mol. The molecule has 6 rings (SSSR count). The number of hydrogen-bond acceptors (Lipinski definition) is 4. The summed E-state index contributed by atoms with van der Waals surface area (Å²) in [5, 5.41) is 14.7. The van der Waals surface area contributed by atoms with Gasteiger partial charge in [0.25, 0.3) is 0 Å². The van der Waals surface area contributed by atoms with Crippen molar-refractivity contribution in [2.24, 2.45) is 11.8 Å². The van der Waals surface area contributed by atoms with Crippen molar-refractivity contribution in [3.63, 3.8) is 0 Å². The van der Waals surface area contributed by atoms with Gasteiger partial charge in [-0.2, -0.15) is 0 Å². The van der Waals surface area contributed by atoms with E-state index in [1.54, 1.807) is 0 Å². The maximum Gasteiger partial charge on any atom is 0.162 e. The Kier molecular flexibility index (Phi) is 12.2. The minimum absolute atomic E-state index is 0. The SMILES string of the molecule is CC(C)c1nc(-c2[c-]cc3ccccc3c2)c2c(n1)C(C)(C)c1cc3ccccc3cc1-2.CCC(CC)C(=O)/C=C(\O)C(CC)CC.[Ir]. The Balaban J connectivity index is 0.000000279. The number of rotatable bonds is 9. The number of ketones is 1. The van der Waals surface area contributed by atoms with Crippen molar-refractivity contribution in [2.45, 2.75) is 92.4 Å². The van der Waals surface area contributed by atoms with E-state index in [0.717, 1.165) is 54.0 Å². The summed E-state index contributed by atoms with van der Waals surface area (Å²) in [7, 11) is 0. The van der Waals surface area contributed by atoms with Crippen LogP contribution in [0.1, 0.15) is 104 Å². The van der Waals surface area contributed by atoms with Gasteiger partial charge in [-0.25, -0.2) is 4.98 Å². The van der Waals surface area contributed by atoms with Gasteiger partial charge >= 0.3 is 0 Å². The minimum Gasteiger partial charge on any atom is -0.512 e. The number of carbonyl (C=O) groups is 1. The van der Waals surface area contributed by atoms with Crippen LogP contribution in [-0.2, 0) is 30.3 Å². The normalized spacial score (nSPS) is 13.4. The van der Waals surface area contributed by atoms with Gasteiger partial charge in [0.1, 0.15) is 5.82 Å². The molecule has 1 aliphatic rings. The molecule has 48 heavy (non-hydrogen) atoms. The fourth-order valence-corrected chi connectivity index (χ4v) is 6.77. The Morgan fingerprint density at radius 1 is 0.812 bits per heavy atom. The molecule has 1 aromatic heterocycles. The molecule has 0 amide bonds. The van der Waals surface area contributed by atoms with Gasteiger partial charge in [-0.3, -0.25) is 9.78 Å². The Morgan fingerprint density at radius 3 is 1.92 bits per heavy atom. The van der Waals surface area contributed by atoms with Gasteiger partial charge in [0.2, 0.25) is 0 Å². The third-order valence-corrected chi connectivity index (χ3v) is 9.88. The fourth-order valence-electron chi connectivity index (χ4n) is 6.77. The molecular formula is C43H49IrN2O2-. The van der Waals surface area contributed by atoms with Gasteiger partial charge in [0.15, 0.2) is 5.78 Å². The van der Waals surface area contributed by atoms with Crippen molar-refractivity contribution >= 4 is 27.3 Å². The first-order valence-corrected chi connectivity index (χ1v) is 17.3. The molecule has 1 N–H and O–H groups in total. The quantitative estimate of drug-likeness (QED) is 0.0914. The first-order chi connectivity index (χ1) is 22.5.